The Morgan fingerprint density at radius 3 is 2.28 bits per heavy atom. The van der Waals surface area contributed by atoms with Gasteiger partial charge >= 0.3 is 20.7 Å². The number of amides is 3. The molecule has 3 atom stereocenters. The fourth-order valence-electron chi connectivity index (χ4n) is 4.93. The highest BCUT2D eigenvalue weighted by Crippen LogP contribution is 2.39. The first-order chi connectivity index (χ1) is 22.3. The lowest BCUT2D eigenvalue weighted by Gasteiger charge is -2.32. The van der Waals surface area contributed by atoms with Gasteiger partial charge in [-0.1, -0.05) is 44.2 Å². The Balaban J connectivity index is 1.58. The molecule has 3 rings (SSSR count). The van der Waals surface area contributed by atoms with Crippen LogP contribution in [-0.4, -0.2) is 111 Å². The number of aromatic nitrogens is 2. The van der Waals surface area contributed by atoms with E-state index in [-0.39, 0.29) is 37.7 Å². The van der Waals surface area contributed by atoms with Gasteiger partial charge < -0.3 is 40.2 Å². The average Bonchev–Trinajstić information content (AvgIpc) is 3.00. The molecule has 2 heterocycles. The molecule has 0 saturated carbocycles. The van der Waals surface area contributed by atoms with Crippen LogP contribution in [0, 0.1) is 5.92 Å². The molecule has 0 spiro atoms. The molecule has 1 aliphatic heterocycles. The van der Waals surface area contributed by atoms with Crippen LogP contribution in [0.4, 0.5) is 0 Å². The Kier molecular flexibility index (Phi) is 14.9. The summed E-state index contributed by atoms with van der Waals surface area (Å²) in [6, 6.07) is 8.39. The van der Waals surface area contributed by atoms with Crippen LogP contribution < -0.4 is 16.0 Å². The van der Waals surface area contributed by atoms with Gasteiger partial charge in [0.25, 0.3) is 5.91 Å². The van der Waals surface area contributed by atoms with Crippen molar-refractivity contribution in [1.29, 1.82) is 0 Å². The number of carbonyl (C=O) groups is 4. The van der Waals surface area contributed by atoms with Gasteiger partial charge in [0.05, 0.1) is 12.1 Å². The molecule has 0 aliphatic carbocycles. The van der Waals surface area contributed by atoms with E-state index in [0.717, 1.165) is 5.56 Å². The number of nitrogens with zero attached hydrogens (tertiary/aromatic N) is 3. The lowest BCUT2D eigenvalue weighted by Crippen LogP contribution is -2.57. The number of hydrogen-bond acceptors (Lipinski definition) is 10. The molecule has 1 aliphatic rings. The number of rotatable bonds is 16. The molecule has 256 valence electrons. The molecule has 1 saturated heterocycles. The Morgan fingerprint density at radius 1 is 1.02 bits per heavy atom. The summed E-state index contributed by atoms with van der Waals surface area (Å²) in [5.41, 5.74) is 0.937. The van der Waals surface area contributed by atoms with Crippen LogP contribution in [0.3, 0.4) is 0 Å². The first kappa shape index (κ1) is 37.7. The summed E-state index contributed by atoms with van der Waals surface area (Å²) in [6.45, 7) is 5.90. The predicted octanol–water partition coefficient (Wildman–Crippen LogP) is 0.210. The van der Waals surface area contributed by atoms with Crippen molar-refractivity contribution in [2.75, 3.05) is 32.8 Å². The van der Waals surface area contributed by atoms with Gasteiger partial charge in [-0.2, -0.15) is 0 Å². The van der Waals surface area contributed by atoms with Gasteiger partial charge in [0.1, 0.15) is 11.7 Å². The number of hydrogen-bond donors (Lipinski definition) is 6. The number of carboxylic acids is 1. The number of nitrogens with one attached hydrogen (secondary N) is 3. The smallest absolute Gasteiger partial charge is 0.479 e. The van der Waals surface area contributed by atoms with E-state index >= 15 is 0 Å². The quantitative estimate of drug-likeness (QED) is 0.103. The SMILES string of the molecule is CC(C)C[C@@H](NC(=O)[C@@H](Cc1ccccc1)NC(=O)c1cnccn1)B1OCCN(CCCC(=O)NC(C(=O)O)P(=O)(O)O)CCO1. The van der Waals surface area contributed by atoms with E-state index in [2.05, 4.69) is 20.6 Å². The molecule has 0 bridgehead atoms. The highest BCUT2D eigenvalue weighted by atomic mass is 31.2. The van der Waals surface area contributed by atoms with E-state index in [1.54, 1.807) is 0 Å². The highest BCUT2D eigenvalue weighted by molar-refractivity contribution is 7.53. The minimum atomic E-state index is -5.05. The maximum Gasteiger partial charge on any atom is 0.480 e. The number of carboxylic acid groups (broad SMARTS) is 1. The first-order valence-electron chi connectivity index (χ1n) is 15.3. The lowest BCUT2D eigenvalue weighted by molar-refractivity contribution is -0.139. The molecular formula is C29H42BN6O10P. The zero-order valence-electron chi connectivity index (χ0n) is 26.4. The average molecular weight is 676 g/mol. The molecule has 3 amide bonds. The van der Waals surface area contributed by atoms with E-state index in [1.165, 1.54) is 18.6 Å². The molecule has 2 aromatic rings. The lowest BCUT2D eigenvalue weighted by atomic mass is 9.73. The van der Waals surface area contributed by atoms with Crippen molar-refractivity contribution in [3.8, 4) is 0 Å². The molecule has 0 radical (unpaired) electrons. The van der Waals surface area contributed by atoms with E-state index < -0.39 is 56.2 Å². The van der Waals surface area contributed by atoms with Crippen LogP contribution in [-0.2, 0) is 34.7 Å². The van der Waals surface area contributed by atoms with Gasteiger partial charge in [0.15, 0.2) is 0 Å². The third kappa shape index (κ3) is 13.1. The number of benzene rings is 1. The fraction of sp³-hybridized carbons (Fsp3) is 0.517. The van der Waals surface area contributed by atoms with Crippen LogP contribution in [0.2, 0.25) is 0 Å². The van der Waals surface area contributed by atoms with E-state index in [9.17, 15) is 23.7 Å². The summed E-state index contributed by atoms with van der Waals surface area (Å²) in [7, 11) is -5.81. The second-order valence-electron chi connectivity index (χ2n) is 11.5. The summed E-state index contributed by atoms with van der Waals surface area (Å²) in [5.74, 6) is -6.19. The van der Waals surface area contributed by atoms with Crippen molar-refractivity contribution in [1.82, 2.24) is 30.8 Å². The minimum absolute atomic E-state index is 0.0829. The molecule has 1 unspecified atom stereocenters. The standard InChI is InChI=1S/C29H42BN6O10P/c1-20(2)17-24(34-26(38)22(18-21-7-4-3-5-8-21)33-27(39)23-19-31-10-11-32-23)30-45-15-13-36(14-16-46-30)12-6-9-25(37)35-28(29(40)41)47(42,43)44/h3-5,7-8,10-11,19-20,22,24,28H,6,9,12-18H2,1-2H3,(H,33,39)(H,34,38)(H,35,37)(H,40,41)(H2,42,43,44)/t22-,24-,28?/m1/s1. The van der Waals surface area contributed by atoms with Crippen molar-refractivity contribution in [2.45, 2.75) is 57.3 Å². The molecule has 47 heavy (non-hydrogen) atoms. The van der Waals surface area contributed by atoms with Gasteiger partial charge in [-0.15, -0.1) is 0 Å². The zero-order valence-corrected chi connectivity index (χ0v) is 27.3. The van der Waals surface area contributed by atoms with Gasteiger partial charge in [-0.05, 0) is 30.9 Å². The van der Waals surface area contributed by atoms with Crippen molar-refractivity contribution < 1.29 is 47.9 Å². The van der Waals surface area contributed by atoms with Crippen LogP contribution in [0.15, 0.2) is 48.9 Å². The van der Waals surface area contributed by atoms with Crippen LogP contribution in [0.1, 0.15) is 49.2 Å². The van der Waals surface area contributed by atoms with Crippen LogP contribution >= 0.6 is 7.60 Å². The van der Waals surface area contributed by atoms with E-state index in [0.29, 0.717) is 32.5 Å². The summed E-state index contributed by atoms with van der Waals surface area (Å²) < 4.78 is 23.4. The monoisotopic (exact) mass is 676 g/mol. The minimum Gasteiger partial charge on any atom is -0.479 e. The Hall–Kier alpha value is -3.73. The van der Waals surface area contributed by atoms with Crippen molar-refractivity contribution in [2.24, 2.45) is 5.92 Å². The van der Waals surface area contributed by atoms with E-state index in [4.69, 9.17) is 24.2 Å². The summed E-state index contributed by atoms with van der Waals surface area (Å²) in [4.78, 5) is 78.0. The van der Waals surface area contributed by atoms with Gasteiger partial charge in [0.2, 0.25) is 17.6 Å². The van der Waals surface area contributed by atoms with Crippen molar-refractivity contribution >= 4 is 38.4 Å². The summed E-state index contributed by atoms with van der Waals surface area (Å²) in [5, 5.41) is 16.7. The zero-order chi connectivity index (χ0) is 34.4. The summed E-state index contributed by atoms with van der Waals surface area (Å²) >= 11 is 0. The second kappa shape index (κ2) is 18.6. The molecule has 1 aromatic carbocycles. The second-order valence-corrected chi connectivity index (χ2v) is 13.2. The van der Waals surface area contributed by atoms with E-state index in [1.807, 2.05) is 54.4 Å². The van der Waals surface area contributed by atoms with Gasteiger partial charge in [-0.3, -0.25) is 28.8 Å². The largest absolute Gasteiger partial charge is 0.480 e. The van der Waals surface area contributed by atoms with Crippen LogP contribution in [0.5, 0.6) is 0 Å². The Morgan fingerprint density at radius 2 is 1.70 bits per heavy atom. The fourth-order valence-corrected chi connectivity index (χ4v) is 5.53. The third-order valence-electron chi connectivity index (χ3n) is 7.21. The van der Waals surface area contributed by atoms with Crippen molar-refractivity contribution in [3.63, 3.8) is 0 Å². The summed E-state index contributed by atoms with van der Waals surface area (Å²) in [6.07, 6.45) is 5.12. The Labute approximate surface area is 273 Å². The van der Waals surface area contributed by atoms with Gasteiger partial charge in [0, 0.05) is 51.5 Å². The third-order valence-corrected chi connectivity index (χ3v) is 8.23. The number of aliphatic carboxylic acids is 1. The predicted molar refractivity (Wildman–Crippen MR) is 170 cm³/mol. The molecular weight excluding hydrogens is 634 g/mol. The maximum atomic E-state index is 13.7. The first-order valence-corrected chi connectivity index (χ1v) is 17.0. The van der Waals surface area contributed by atoms with Crippen LogP contribution in [0.25, 0.3) is 0 Å². The Bertz CT molecular complexity index is 1360. The molecule has 16 nitrogen and oxygen atoms in total. The molecule has 1 fully saturated rings. The topological polar surface area (TPSA) is 230 Å². The van der Waals surface area contributed by atoms with Gasteiger partial charge in [-0.25, -0.2) is 9.78 Å². The number of carbonyl (C=O) groups excluding carboxylic acids is 3. The van der Waals surface area contributed by atoms with Crippen molar-refractivity contribution in [3.05, 3.63) is 60.2 Å². The molecule has 1 aromatic heterocycles. The highest BCUT2D eigenvalue weighted by Gasteiger charge is 2.37. The maximum absolute atomic E-state index is 13.7. The molecule has 18 heteroatoms. The molecule has 6 N–H and O–H groups in total. The normalized spacial score (nSPS) is 16.3.